The first-order valence-electron chi connectivity index (χ1n) is 7.21. The van der Waals surface area contributed by atoms with E-state index in [1.165, 1.54) is 16.8 Å². The van der Waals surface area contributed by atoms with Gasteiger partial charge in [0, 0.05) is 31.9 Å². The van der Waals surface area contributed by atoms with E-state index >= 15 is 0 Å². The highest BCUT2D eigenvalue weighted by Gasteiger charge is 2.18. The molecular formula is C16H26N2O. The highest BCUT2D eigenvalue weighted by Crippen LogP contribution is 2.30. The number of ether oxygens (including phenoxy) is 1. The smallest absolute Gasteiger partial charge is 0.0637 e. The van der Waals surface area contributed by atoms with Crippen LogP contribution in [0.25, 0.3) is 0 Å². The average Bonchev–Trinajstić information content (AvgIpc) is 2.39. The summed E-state index contributed by atoms with van der Waals surface area (Å²) in [7, 11) is 2.19. The molecule has 0 radical (unpaired) electrons. The fourth-order valence-corrected chi connectivity index (χ4v) is 2.83. The number of nitrogens with zero attached hydrogens (tertiary/aromatic N) is 1. The first-order valence-corrected chi connectivity index (χ1v) is 7.21. The van der Waals surface area contributed by atoms with Gasteiger partial charge < -0.3 is 15.0 Å². The van der Waals surface area contributed by atoms with E-state index in [1.54, 1.807) is 0 Å². The van der Waals surface area contributed by atoms with Crippen LogP contribution in [0.4, 0.5) is 5.69 Å². The maximum atomic E-state index is 5.54. The van der Waals surface area contributed by atoms with Gasteiger partial charge in [-0.15, -0.1) is 0 Å². The van der Waals surface area contributed by atoms with Crippen molar-refractivity contribution < 1.29 is 4.74 Å². The molecule has 1 heterocycles. The summed E-state index contributed by atoms with van der Waals surface area (Å²) < 4.78 is 5.54. The van der Waals surface area contributed by atoms with Gasteiger partial charge >= 0.3 is 0 Å². The lowest BCUT2D eigenvalue weighted by molar-refractivity contribution is 0.0791. The van der Waals surface area contributed by atoms with Crippen LogP contribution in [0.15, 0.2) is 18.2 Å². The predicted molar refractivity (Wildman–Crippen MR) is 81.1 cm³/mol. The molecule has 0 aromatic heterocycles. The number of likely N-dealkylation sites (N-methyl/N-ethyl adjacent to an activating group) is 1. The van der Waals surface area contributed by atoms with E-state index < -0.39 is 0 Å². The SMILES string of the molecule is Cc1cccc(C(C)C)c1N(C)CC1COCCN1. The van der Waals surface area contributed by atoms with Gasteiger partial charge in [0.05, 0.1) is 13.2 Å². The minimum Gasteiger partial charge on any atom is -0.378 e. The summed E-state index contributed by atoms with van der Waals surface area (Å²) in [6.45, 7) is 10.3. The van der Waals surface area contributed by atoms with Crippen molar-refractivity contribution in [1.29, 1.82) is 0 Å². The number of anilines is 1. The summed E-state index contributed by atoms with van der Waals surface area (Å²) in [5, 5.41) is 3.52. The highest BCUT2D eigenvalue weighted by molar-refractivity contribution is 5.60. The fraction of sp³-hybridized carbons (Fsp3) is 0.625. The molecule has 1 saturated heterocycles. The Morgan fingerprint density at radius 1 is 1.42 bits per heavy atom. The predicted octanol–water partition coefficient (Wildman–Crippen LogP) is 2.54. The van der Waals surface area contributed by atoms with Gasteiger partial charge in [-0.05, 0) is 24.0 Å². The summed E-state index contributed by atoms with van der Waals surface area (Å²) in [5.41, 5.74) is 4.16. The molecule has 0 aliphatic carbocycles. The first kappa shape index (κ1) is 14.4. The summed E-state index contributed by atoms with van der Waals surface area (Å²) in [5.74, 6) is 0.549. The van der Waals surface area contributed by atoms with E-state index in [9.17, 15) is 0 Å². The van der Waals surface area contributed by atoms with E-state index in [-0.39, 0.29) is 0 Å². The van der Waals surface area contributed by atoms with Crippen LogP contribution in [0.2, 0.25) is 0 Å². The molecule has 1 N–H and O–H groups in total. The molecule has 3 nitrogen and oxygen atoms in total. The molecule has 106 valence electrons. The highest BCUT2D eigenvalue weighted by atomic mass is 16.5. The number of para-hydroxylation sites is 1. The van der Waals surface area contributed by atoms with Gasteiger partial charge in [0.25, 0.3) is 0 Å². The van der Waals surface area contributed by atoms with E-state index in [0.717, 1.165) is 26.3 Å². The van der Waals surface area contributed by atoms with Crippen molar-refractivity contribution in [2.45, 2.75) is 32.7 Å². The molecule has 1 fully saturated rings. The lowest BCUT2D eigenvalue weighted by Crippen LogP contribution is -2.48. The van der Waals surface area contributed by atoms with Crippen LogP contribution in [-0.4, -0.2) is 39.4 Å². The van der Waals surface area contributed by atoms with Gasteiger partial charge in [-0.1, -0.05) is 32.0 Å². The fourth-order valence-electron chi connectivity index (χ4n) is 2.83. The molecule has 19 heavy (non-hydrogen) atoms. The van der Waals surface area contributed by atoms with Gasteiger partial charge in [-0.3, -0.25) is 0 Å². The summed E-state index contributed by atoms with van der Waals surface area (Å²) >= 11 is 0. The van der Waals surface area contributed by atoms with Crippen molar-refractivity contribution in [3.05, 3.63) is 29.3 Å². The third-order valence-electron chi connectivity index (χ3n) is 3.77. The largest absolute Gasteiger partial charge is 0.378 e. The normalized spacial score (nSPS) is 19.7. The molecule has 1 aliphatic rings. The average molecular weight is 262 g/mol. The van der Waals surface area contributed by atoms with Crippen LogP contribution < -0.4 is 10.2 Å². The van der Waals surface area contributed by atoms with Crippen molar-refractivity contribution in [2.24, 2.45) is 0 Å². The summed E-state index contributed by atoms with van der Waals surface area (Å²) in [6, 6.07) is 7.03. The molecule has 0 amide bonds. The van der Waals surface area contributed by atoms with Gasteiger partial charge in [-0.25, -0.2) is 0 Å². The molecule has 2 rings (SSSR count). The number of aryl methyl sites for hydroxylation is 1. The Morgan fingerprint density at radius 2 is 2.21 bits per heavy atom. The van der Waals surface area contributed by atoms with Crippen LogP contribution in [0.1, 0.15) is 30.9 Å². The second-order valence-electron chi connectivity index (χ2n) is 5.77. The Labute approximate surface area is 116 Å². The van der Waals surface area contributed by atoms with E-state index in [0.29, 0.717) is 12.0 Å². The second-order valence-corrected chi connectivity index (χ2v) is 5.77. The molecule has 3 heteroatoms. The molecule has 0 spiro atoms. The standard InChI is InChI=1S/C16H26N2O/c1-12(2)15-7-5-6-13(3)16(15)18(4)10-14-11-19-9-8-17-14/h5-7,12,14,17H,8-11H2,1-4H3. The molecule has 0 bridgehead atoms. The Kier molecular flexibility index (Phi) is 4.83. The third kappa shape index (κ3) is 3.48. The van der Waals surface area contributed by atoms with Crippen LogP contribution in [-0.2, 0) is 4.74 Å². The maximum absolute atomic E-state index is 5.54. The Hall–Kier alpha value is -1.06. The van der Waals surface area contributed by atoms with E-state index in [4.69, 9.17) is 4.74 Å². The van der Waals surface area contributed by atoms with Crippen molar-refractivity contribution in [1.82, 2.24) is 5.32 Å². The molecule has 1 aromatic rings. The first-order chi connectivity index (χ1) is 9.09. The quantitative estimate of drug-likeness (QED) is 0.902. The minimum atomic E-state index is 0.429. The van der Waals surface area contributed by atoms with Gasteiger partial charge in [0.1, 0.15) is 0 Å². The van der Waals surface area contributed by atoms with Crippen LogP contribution in [0.3, 0.4) is 0 Å². The van der Waals surface area contributed by atoms with Crippen molar-refractivity contribution >= 4 is 5.69 Å². The molecule has 1 atom stereocenters. The van der Waals surface area contributed by atoms with Crippen molar-refractivity contribution in [3.63, 3.8) is 0 Å². The summed E-state index contributed by atoms with van der Waals surface area (Å²) in [6.07, 6.45) is 0. The molecule has 1 aromatic carbocycles. The lowest BCUT2D eigenvalue weighted by atomic mass is 9.97. The van der Waals surface area contributed by atoms with Crippen LogP contribution in [0, 0.1) is 6.92 Å². The zero-order valence-electron chi connectivity index (χ0n) is 12.6. The lowest BCUT2D eigenvalue weighted by Gasteiger charge is -2.32. The summed E-state index contributed by atoms with van der Waals surface area (Å²) in [4.78, 5) is 2.37. The van der Waals surface area contributed by atoms with Gasteiger partial charge in [0.2, 0.25) is 0 Å². The monoisotopic (exact) mass is 262 g/mol. The van der Waals surface area contributed by atoms with Crippen LogP contribution >= 0.6 is 0 Å². The van der Waals surface area contributed by atoms with E-state index in [2.05, 4.69) is 56.2 Å². The van der Waals surface area contributed by atoms with E-state index in [1.807, 2.05) is 0 Å². The van der Waals surface area contributed by atoms with Crippen LogP contribution in [0.5, 0.6) is 0 Å². The number of hydrogen-bond acceptors (Lipinski definition) is 3. The Morgan fingerprint density at radius 3 is 2.84 bits per heavy atom. The molecule has 1 unspecified atom stereocenters. The number of rotatable bonds is 4. The Bertz CT molecular complexity index is 411. The van der Waals surface area contributed by atoms with Crippen molar-refractivity contribution in [2.75, 3.05) is 38.3 Å². The molecular weight excluding hydrogens is 236 g/mol. The van der Waals surface area contributed by atoms with Gasteiger partial charge in [-0.2, -0.15) is 0 Å². The maximum Gasteiger partial charge on any atom is 0.0637 e. The number of hydrogen-bond donors (Lipinski definition) is 1. The minimum absolute atomic E-state index is 0.429. The third-order valence-corrected chi connectivity index (χ3v) is 3.77. The van der Waals surface area contributed by atoms with Gasteiger partial charge in [0.15, 0.2) is 0 Å². The number of morpholine rings is 1. The topological polar surface area (TPSA) is 24.5 Å². The Balaban J connectivity index is 2.15. The zero-order chi connectivity index (χ0) is 13.8. The zero-order valence-corrected chi connectivity index (χ0v) is 12.6. The number of nitrogens with one attached hydrogen (secondary N) is 1. The molecule has 1 aliphatic heterocycles. The molecule has 0 saturated carbocycles. The van der Waals surface area contributed by atoms with Crippen molar-refractivity contribution in [3.8, 4) is 0 Å². The second kappa shape index (κ2) is 6.40. The number of benzene rings is 1.